The predicted octanol–water partition coefficient (Wildman–Crippen LogP) is 5.00. The second-order valence-corrected chi connectivity index (χ2v) is 6.18. The molecule has 94 valence electrons. The molecule has 2 atom stereocenters. The van der Waals surface area contributed by atoms with Gasteiger partial charge in [0, 0.05) is 16.2 Å². The topological polar surface area (TPSA) is 12.0 Å². The highest BCUT2D eigenvalue weighted by atomic mass is 79.9. The van der Waals surface area contributed by atoms with Crippen LogP contribution in [0.2, 0.25) is 0 Å². The van der Waals surface area contributed by atoms with E-state index in [0.717, 1.165) is 12.3 Å². The first kappa shape index (κ1) is 12.9. The van der Waals surface area contributed by atoms with Gasteiger partial charge in [0.2, 0.25) is 0 Å². The highest BCUT2D eigenvalue weighted by molar-refractivity contribution is 9.10. The number of anilines is 1. The normalized spacial score (nSPS) is 24.6. The van der Waals surface area contributed by atoms with Crippen molar-refractivity contribution in [2.45, 2.75) is 52.0 Å². The Morgan fingerprint density at radius 2 is 2.18 bits per heavy atom. The summed E-state index contributed by atoms with van der Waals surface area (Å²) < 4.78 is 1.18. The minimum atomic E-state index is 0.672. The number of benzene rings is 1. The van der Waals surface area contributed by atoms with Gasteiger partial charge in [-0.2, -0.15) is 0 Å². The summed E-state index contributed by atoms with van der Waals surface area (Å²) in [4.78, 5) is 0. The van der Waals surface area contributed by atoms with Gasteiger partial charge >= 0.3 is 0 Å². The largest absolute Gasteiger partial charge is 0.382 e. The lowest BCUT2D eigenvalue weighted by Gasteiger charge is -2.29. The minimum Gasteiger partial charge on any atom is -0.382 e. The van der Waals surface area contributed by atoms with Crippen LogP contribution in [0.1, 0.15) is 45.1 Å². The van der Waals surface area contributed by atoms with Gasteiger partial charge in [-0.1, -0.05) is 42.6 Å². The quantitative estimate of drug-likeness (QED) is 0.827. The Morgan fingerprint density at radius 1 is 1.35 bits per heavy atom. The Kier molecular flexibility index (Phi) is 4.49. The molecule has 17 heavy (non-hydrogen) atoms. The molecule has 2 heteroatoms. The second kappa shape index (κ2) is 5.90. The van der Waals surface area contributed by atoms with Crippen LogP contribution in [0.3, 0.4) is 0 Å². The lowest BCUT2D eigenvalue weighted by Crippen LogP contribution is -2.26. The first-order valence-electron chi connectivity index (χ1n) is 6.74. The van der Waals surface area contributed by atoms with Crippen LogP contribution >= 0.6 is 15.9 Å². The molecule has 1 aliphatic carbocycles. The number of hydrogen-bond acceptors (Lipinski definition) is 1. The van der Waals surface area contributed by atoms with Crippen molar-refractivity contribution in [2.75, 3.05) is 5.32 Å². The molecule has 1 fully saturated rings. The zero-order valence-electron chi connectivity index (χ0n) is 10.8. The molecule has 1 aromatic rings. The van der Waals surface area contributed by atoms with E-state index in [9.17, 15) is 0 Å². The standard InChI is InChI=1S/C15H22BrN/c1-3-12-10-13(16)7-8-15(12)17-14-6-4-5-11(2)9-14/h7-8,10-11,14,17H,3-6,9H2,1-2H3. The van der Waals surface area contributed by atoms with E-state index >= 15 is 0 Å². The molecule has 2 unspecified atom stereocenters. The third-order valence-electron chi connectivity index (χ3n) is 3.74. The molecule has 0 bridgehead atoms. The zero-order valence-corrected chi connectivity index (χ0v) is 12.4. The molecule has 2 rings (SSSR count). The van der Waals surface area contributed by atoms with Gasteiger partial charge in [-0.25, -0.2) is 0 Å². The summed E-state index contributed by atoms with van der Waals surface area (Å²) in [6, 6.07) is 7.25. The SMILES string of the molecule is CCc1cc(Br)ccc1NC1CCCC(C)C1. The van der Waals surface area contributed by atoms with E-state index in [1.807, 2.05) is 0 Å². The van der Waals surface area contributed by atoms with E-state index in [2.05, 4.69) is 53.3 Å². The monoisotopic (exact) mass is 295 g/mol. The molecule has 0 spiro atoms. The third-order valence-corrected chi connectivity index (χ3v) is 4.24. The maximum Gasteiger partial charge on any atom is 0.0375 e. The molecular weight excluding hydrogens is 274 g/mol. The molecule has 0 aromatic heterocycles. The van der Waals surface area contributed by atoms with Crippen LogP contribution in [0.4, 0.5) is 5.69 Å². The average molecular weight is 296 g/mol. The smallest absolute Gasteiger partial charge is 0.0375 e. The van der Waals surface area contributed by atoms with E-state index in [-0.39, 0.29) is 0 Å². The van der Waals surface area contributed by atoms with Crippen molar-refractivity contribution >= 4 is 21.6 Å². The lowest BCUT2D eigenvalue weighted by atomic mass is 9.87. The minimum absolute atomic E-state index is 0.672. The van der Waals surface area contributed by atoms with Crippen molar-refractivity contribution in [1.29, 1.82) is 0 Å². The maximum absolute atomic E-state index is 3.74. The van der Waals surface area contributed by atoms with Crippen molar-refractivity contribution in [3.8, 4) is 0 Å². The molecule has 1 saturated carbocycles. The summed E-state index contributed by atoms with van der Waals surface area (Å²) in [5, 5.41) is 3.74. The summed E-state index contributed by atoms with van der Waals surface area (Å²) in [7, 11) is 0. The van der Waals surface area contributed by atoms with Crippen molar-refractivity contribution in [1.82, 2.24) is 0 Å². The van der Waals surface area contributed by atoms with Crippen LogP contribution in [0.25, 0.3) is 0 Å². The van der Waals surface area contributed by atoms with Crippen LogP contribution in [-0.2, 0) is 6.42 Å². The Balaban J connectivity index is 2.07. The van der Waals surface area contributed by atoms with Gasteiger partial charge in [0.05, 0.1) is 0 Å². The Morgan fingerprint density at radius 3 is 2.88 bits per heavy atom. The highest BCUT2D eigenvalue weighted by Crippen LogP contribution is 2.28. The van der Waals surface area contributed by atoms with Gasteiger partial charge in [0.25, 0.3) is 0 Å². The first-order valence-corrected chi connectivity index (χ1v) is 7.53. The number of halogens is 1. The van der Waals surface area contributed by atoms with Crippen molar-refractivity contribution in [3.63, 3.8) is 0 Å². The number of rotatable bonds is 3. The Labute approximate surface area is 113 Å². The van der Waals surface area contributed by atoms with E-state index in [4.69, 9.17) is 0 Å². The van der Waals surface area contributed by atoms with E-state index in [1.54, 1.807) is 0 Å². The van der Waals surface area contributed by atoms with Crippen molar-refractivity contribution < 1.29 is 0 Å². The summed E-state index contributed by atoms with van der Waals surface area (Å²) in [5.74, 6) is 0.877. The average Bonchev–Trinajstić information content (AvgIpc) is 2.31. The molecule has 1 nitrogen and oxygen atoms in total. The Hall–Kier alpha value is -0.500. The van der Waals surface area contributed by atoms with Gasteiger partial charge in [-0.15, -0.1) is 0 Å². The highest BCUT2D eigenvalue weighted by Gasteiger charge is 2.19. The van der Waals surface area contributed by atoms with Gasteiger partial charge in [-0.3, -0.25) is 0 Å². The van der Waals surface area contributed by atoms with Crippen LogP contribution < -0.4 is 5.32 Å². The van der Waals surface area contributed by atoms with Crippen LogP contribution in [0.5, 0.6) is 0 Å². The molecule has 0 amide bonds. The molecule has 1 aromatic carbocycles. The fourth-order valence-electron chi connectivity index (χ4n) is 2.78. The van der Waals surface area contributed by atoms with E-state index < -0.39 is 0 Å². The zero-order chi connectivity index (χ0) is 12.3. The summed E-state index contributed by atoms with van der Waals surface area (Å²) in [6.45, 7) is 4.59. The molecule has 0 radical (unpaired) electrons. The van der Waals surface area contributed by atoms with Crippen molar-refractivity contribution in [3.05, 3.63) is 28.2 Å². The fraction of sp³-hybridized carbons (Fsp3) is 0.600. The molecular formula is C15H22BrN. The number of aryl methyl sites for hydroxylation is 1. The van der Waals surface area contributed by atoms with Crippen LogP contribution in [0, 0.1) is 5.92 Å². The van der Waals surface area contributed by atoms with Gasteiger partial charge in [0.15, 0.2) is 0 Å². The van der Waals surface area contributed by atoms with Gasteiger partial charge in [-0.05, 0) is 48.9 Å². The molecule has 0 heterocycles. The summed E-state index contributed by atoms with van der Waals surface area (Å²) in [5.41, 5.74) is 2.74. The van der Waals surface area contributed by atoms with Crippen LogP contribution in [-0.4, -0.2) is 6.04 Å². The van der Waals surface area contributed by atoms with Gasteiger partial charge in [0.1, 0.15) is 0 Å². The third kappa shape index (κ3) is 3.48. The first-order chi connectivity index (χ1) is 8.19. The van der Waals surface area contributed by atoms with Crippen LogP contribution in [0.15, 0.2) is 22.7 Å². The molecule has 1 N–H and O–H groups in total. The number of hydrogen-bond donors (Lipinski definition) is 1. The van der Waals surface area contributed by atoms with E-state index in [1.165, 1.54) is 41.4 Å². The van der Waals surface area contributed by atoms with Crippen molar-refractivity contribution in [2.24, 2.45) is 5.92 Å². The molecule has 1 aliphatic rings. The molecule has 0 aliphatic heterocycles. The predicted molar refractivity (Wildman–Crippen MR) is 78.6 cm³/mol. The second-order valence-electron chi connectivity index (χ2n) is 5.27. The van der Waals surface area contributed by atoms with Gasteiger partial charge < -0.3 is 5.32 Å². The summed E-state index contributed by atoms with van der Waals surface area (Å²) >= 11 is 3.54. The maximum atomic E-state index is 3.74. The summed E-state index contributed by atoms with van der Waals surface area (Å²) in [6.07, 6.45) is 6.50. The fourth-order valence-corrected chi connectivity index (χ4v) is 3.19. The lowest BCUT2D eigenvalue weighted by molar-refractivity contribution is 0.358. The number of nitrogens with one attached hydrogen (secondary N) is 1. The van der Waals surface area contributed by atoms with E-state index in [0.29, 0.717) is 6.04 Å². The Bertz CT molecular complexity index is 375. The molecule has 0 saturated heterocycles.